The van der Waals surface area contributed by atoms with Gasteiger partial charge in [0, 0.05) is 0 Å². The molecule has 1 aromatic rings. The number of hydrogen-bond donors (Lipinski definition) is 1. The molecule has 0 atom stereocenters. The SMILES string of the molecule is COC(=O)c1cc(C(=O)OC)c(C(=O)OC)cc1O. The van der Waals surface area contributed by atoms with E-state index in [-0.39, 0.29) is 16.7 Å². The molecule has 1 aromatic carbocycles. The second-order valence-corrected chi connectivity index (χ2v) is 3.39. The fraction of sp³-hybridized carbons (Fsp3) is 0.250. The van der Waals surface area contributed by atoms with E-state index in [1.807, 2.05) is 0 Å². The van der Waals surface area contributed by atoms with Crippen molar-refractivity contribution in [3.8, 4) is 5.75 Å². The van der Waals surface area contributed by atoms with E-state index in [1.165, 1.54) is 0 Å². The molecule has 7 nitrogen and oxygen atoms in total. The molecule has 0 saturated heterocycles. The van der Waals surface area contributed by atoms with Gasteiger partial charge in [0.1, 0.15) is 11.3 Å². The highest BCUT2D eigenvalue weighted by atomic mass is 16.5. The lowest BCUT2D eigenvalue weighted by Gasteiger charge is -2.09. The minimum absolute atomic E-state index is 0.201. The number of carbonyl (C=O) groups is 3. The Morgan fingerprint density at radius 1 is 0.789 bits per heavy atom. The van der Waals surface area contributed by atoms with Crippen LogP contribution in [0.4, 0.5) is 0 Å². The number of ether oxygens (including phenoxy) is 3. The van der Waals surface area contributed by atoms with Gasteiger partial charge in [0.05, 0.1) is 32.5 Å². The molecule has 0 fully saturated rings. The van der Waals surface area contributed by atoms with Gasteiger partial charge in [-0.1, -0.05) is 0 Å². The smallest absolute Gasteiger partial charge is 0.341 e. The van der Waals surface area contributed by atoms with Crippen LogP contribution in [0.15, 0.2) is 12.1 Å². The van der Waals surface area contributed by atoms with Crippen molar-refractivity contribution in [1.29, 1.82) is 0 Å². The van der Waals surface area contributed by atoms with Crippen molar-refractivity contribution in [3.63, 3.8) is 0 Å². The van der Waals surface area contributed by atoms with Crippen molar-refractivity contribution in [1.82, 2.24) is 0 Å². The summed E-state index contributed by atoms with van der Waals surface area (Å²) in [5.41, 5.74) is -0.664. The van der Waals surface area contributed by atoms with Gasteiger partial charge in [-0.3, -0.25) is 0 Å². The Hall–Kier alpha value is -2.57. The third-order valence-corrected chi connectivity index (χ3v) is 2.35. The molecule has 19 heavy (non-hydrogen) atoms. The van der Waals surface area contributed by atoms with Crippen LogP contribution in [-0.2, 0) is 14.2 Å². The predicted octanol–water partition coefficient (Wildman–Crippen LogP) is 0.752. The molecule has 7 heteroatoms. The first kappa shape index (κ1) is 14.5. The van der Waals surface area contributed by atoms with Crippen LogP contribution < -0.4 is 0 Å². The summed E-state index contributed by atoms with van der Waals surface area (Å²) < 4.78 is 13.4. The quantitative estimate of drug-likeness (QED) is 0.637. The highest BCUT2D eigenvalue weighted by molar-refractivity contribution is 6.06. The highest BCUT2D eigenvalue weighted by Crippen LogP contribution is 2.24. The van der Waals surface area contributed by atoms with Gasteiger partial charge >= 0.3 is 17.9 Å². The van der Waals surface area contributed by atoms with E-state index in [1.54, 1.807) is 0 Å². The van der Waals surface area contributed by atoms with Gasteiger partial charge in [0.2, 0.25) is 0 Å². The zero-order valence-electron chi connectivity index (χ0n) is 10.6. The molecule has 0 heterocycles. The number of aromatic hydroxyl groups is 1. The van der Waals surface area contributed by atoms with Gasteiger partial charge in [-0.05, 0) is 12.1 Å². The number of phenols is 1. The van der Waals surface area contributed by atoms with E-state index in [0.717, 1.165) is 33.5 Å². The minimum Gasteiger partial charge on any atom is -0.507 e. The first-order valence-electron chi connectivity index (χ1n) is 5.08. The summed E-state index contributed by atoms with van der Waals surface area (Å²) in [6.45, 7) is 0. The van der Waals surface area contributed by atoms with Crippen molar-refractivity contribution >= 4 is 17.9 Å². The number of carbonyl (C=O) groups excluding carboxylic acids is 3. The average Bonchev–Trinajstić information content (AvgIpc) is 2.44. The molecule has 0 aromatic heterocycles. The maximum absolute atomic E-state index is 11.6. The number of esters is 3. The molecular weight excluding hydrogens is 256 g/mol. The van der Waals surface area contributed by atoms with Gasteiger partial charge in [-0.2, -0.15) is 0 Å². The normalized spacial score (nSPS) is 9.63. The Bertz CT molecular complexity index is 533. The number of methoxy groups -OCH3 is 3. The van der Waals surface area contributed by atoms with Crippen LogP contribution in [0.5, 0.6) is 5.75 Å². The summed E-state index contributed by atoms with van der Waals surface area (Å²) in [7, 11) is 3.36. The maximum atomic E-state index is 11.6. The number of phenolic OH excluding ortho intramolecular Hbond substituents is 1. The molecule has 0 aliphatic rings. The van der Waals surface area contributed by atoms with E-state index in [2.05, 4.69) is 14.2 Å². The Morgan fingerprint density at radius 3 is 1.58 bits per heavy atom. The zero-order chi connectivity index (χ0) is 14.6. The number of rotatable bonds is 3. The van der Waals surface area contributed by atoms with Crippen molar-refractivity contribution < 1.29 is 33.7 Å². The summed E-state index contributed by atoms with van der Waals surface area (Å²) in [5, 5.41) is 9.66. The molecule has 1 rings (SSSR count). The number of benzene rings is 1. The Morgan fingerprint density at radius 2 is 1.16 bits per heavy atom. The molecule has 0 amide bonds. The summed E-state index contributed by atoms with van der Waals surface area (Å²) in [5.74, 6) is -3.03. The topological polar surface area (TPSA) is 99.1 Å². The number of hydrogen-bond acceptors (Lipinski definition) is 7. The third-order valence-electron chi connectivity index (χ3n) is 2.35. The zero-order valence-corrected chi connectivity index (χ0v) is 10.6. The molecule has 0 saturated carbocycles. The van der Waals surface area contributed by atoms with Gasteiger partial charge in [-0.15, -0.1) is 0 Å². The molecule has 0 spiro atoms. The summed E-state index contributed by atoms with van der Waals surface area (Å²) in [6, 6.07) is 1.96. The van der Waals surface area contributed by atoms with E-state index >= 15 is 0 Å². The van der Waals surface area contributed by atoms with Crippen LogP contribution >= 0.6 is 0 Å². The van der Waals surface area contributed by atoms with Crippen molar-refractivity contribution in [3.05, 3.63) is 28.8 Å². The van der Waals surface area contributed by atoms with Crippen LogP contribution in [0.3, 0.4) is 0 Å². The first-order valence-corrected chi connectivity index (χ1v) is 5.08. The van der Waals surface area contributed by atoms with Crippen molar-refractivity contribution in [2.24, 2.45) is 0 Å². The molecule has 0 unspecified atom stereocenters. The standard InChI is InChI=1S/C12H12O7/c1-17-10(14)6-4-8(12(16)19-3)9(13)5-7(6)11(15)18-2/h4-5,13H,1-3H3. The van der Waals surface area contributed by atoms with Crippen molar-refractivity contribution in [2.75, 3.05) is 21.3 Å². The van der Waals surface area contributed by atoms with Gasteiger partial charge in [-0.25, -0.2) is 14.4 Å². The Balaban J connectivity index is 3.49. The first-order chi connectivity index (χ1) is 8.96. The third kappa shape index (κ3) is 2.82. The van der Waals surface area contributed by atoms with E-state index < -0.39 is 23.7 Å². The van der Waals surface area contributed by atoms with Gasteiger partial charge in [0.15, 0.2) is 0 Å². The van der Waals surface area contributed by atoms with Crippen LogP contribution in [0.2, 0.25) is 0 Å². The lowest BCUT2D eigenvalue weighted by molar-refractivity contribution is 0.0551. The van der Waals surface area contributed by atoms with E-state index in [9.17, 15) is 19.5 Å². The predicted molar refractivity (Wildman–Crippen MR) is 62.1 cm³/mol. The van der Waals surface area contributed by atoms with Crippen LogP contribution in [0.25, 0.3) is 0 Å². The monoisotopic (exact) mass is 268 g/mol. The van der Waals surface area contributed by atoms with Crippen LogP contribution in [0, 0.1) is 0 Å². The summed E-state index contributed by atoms with van der Waals surface area (Å²) in [6.07, 6.45) is 0. The lowest BCUT2D eigenvalue weighted by Crippen LogP contribution is -2.14. The van der Waals surface area contributed by atoms with Crippen LogP contribution in [-0.4, -0.2) is 44.3 Å². The van der Waals surface area contributed by atoms with Gasteiger partial charge < -0.3 is 19.3 Å². The van der Waals surface area contributed by atoms with Crippen molar-refractivity contribution in [2.45, 2.75) is 0 Å². The fourth-order valence-electron chi connectivity index (χ4n) is 1.42. The second-order valence-electron chi connectivity index (χ2n) is 3.39. The fourth-order valence-corrected chi connectivity index (χ4v) is 1.42. The molecular formula is C12H12O7. The maximum Gasteiger partial charge on any atom is 0.341 e. The Labute approximate surface area is 108 Å². The van der Waals surface area contributed by atoms with Crippen LogP contribution in [0.1, 0.15) is 31.1 Å². The molecule has 0 aliphatic heterocycles. The second kappa shape index (κ2) is 5.85. The molecule has 0 radical (unpaired) electrons. The van der Waals surface area contributed by atoms with Gasteiger partial charge in [0.25, 0.3) is 0 Å². The Kier molecular flexibility index (Phi) is 4.46. The summed E-state index contributed by atoms with van der Waals surface area (Å²) in [4.78, 5) is 34.5. The molecule has 0 aliphatic carbocycles. The largest absolute Gasteiger partial charge is 0.507 e. The molecule has 1 N–H and O–H groups in total. The lowest BCUT2D eigenvalue weighted by atomic mass is 10.0. The molecule has 0 bridgehead atoms. The molecule has 102 valence electrons. The summed E-state index contributed by atoms with van der Waals surface area (Å²) >= 11 is 0. The average molecular weight is 268 g/mol. The van der Waals surface area contributed by atoms with E-state index in [4.69, 9.17) is 0 Å². The minimum atomic E-state index is -0.848. The highest BCUT2D eigenvalue weighted by Gasteiger charge is 2.24. The van der Waals surface area contributed by atoms with E-state index in [0.29, 0.717) is 0 Å².